The molecule has 1 rings (SSSR count). The number of hydrogen-bond donors (Lipinski definition) is 0. The Kier molecular flexibility index (Phi) is 6.79. The molecule has 0 amide bonds. The molecular formula is C17H26O2. The molecule has 0 aliphatic heterocycles. The number of unbranched alkanes of at least 4 members (excludes halogenated alkanes) is 3. The monoisotopic (exact) mass is 262 g/mol. The van der Waals surface area contributed by atoms with E-state index in [2.05, 4.69) is 19.9 Å². The smallest absolute Gasteiger partial charge is 0.188 e. The van der Waals surface area contributed by atoms with E-state index in [4.69, 9.17) is 4.74 Å². The molecule has 0 unspecified atom stereocenters. The average Bonchev–Trinajstić information content (AvgIpc) is 2.37. The third-order valence-electron chi connectivity index (χ3n) is 3.52. The molecule has 19 heavy (non-hydrogen) atoms. The van der Waals surface area contributed by atoms with E-state index in [1.165, 1.54) is 24.8 Å². The lowest BCUT2D eigenvalue weighted by Crippen LogP contribution is -2.12. The van der Waals surface area contributed by atoms with Crippen molar-refractivity contribution in [2.75, 3.05) is 13.2 Å². The minimum atomic E-state index is 0.0936. The summed E-state index contributed by atoms with van der Waals surface area (Å²) in [5, 5.41) is 0. The minimum Gasteiger partial charge on any atom is -0.373 e. The summed E-state index contributed by atoms with van der Waals surface area (Å²) in [4.78, 5) is 12.1. The van der Waals surface area contributed by atoms with E-state index < -0.39 is 0 Å². The van der Waals surface area contributed by atoms with E-state index in [0.717, 1.165) is 23.1 Å². The van der Waals surface area contributed by atoms with Gasteiger partial charge in [-0.05, 0) is 49.9 Å². The van der Waals surface area contributed by atoms with Gasteiger partial charge >= 0.3 is 0 Å². The molecule has 0 aliphatic rings. The molecule has 0 aromatic heterocycles. The Labute approximate surface area is 117 Å². The lowest BCUT2D eigenvalue weighted by molar-refractivity contribution is 0.0751. The summed E-state index contributed by atoms with van der Waals surface area (Å²) in [7, 11) is 0. The van der Waals surface area contributed by atoms with E-state index in [9.17, 15) is 4.79 Å². The topological polar surface area (TPSA) is 26.3 Å². The van der Waals surface area contributed by atoms with Gasteiger partial charge in [-0.25, -0.2) is 0 Å². The van der Waals surface area contributed by atoms with Crippen molar-refractivity contribution in [2.45, 2.75) is 53.4 Å². The van der Waals surface area contributed by atoms with Crippen LogP contribution >= 0.6 is 0 Å². The second-order valence-electron chi connectivity index (χ2n) is 5.29. The molecular weight excluding hydrogens is 236 g/mol. The van der Waals surface area contributed by atoms with Crippen LogP contribution in [0.4, 0.5) is 0 Å². The molecule has 1 aromatic carbocycles. The lowest BCUT2D eigenvalue weighted by Gasteiger charge is -2.09. The van der Waals surface area contributed by atoms with Crippen molar-refractivity contribution in [3.05, 3.63) is 34.4 Å². The molecule has 0 atom stereocenters. The number of Topliss-reactive ketones (excluding diaryl/α,β-unsaturated/α-hetero) is 1. The fourth-order valence-electron chi connectivity index (χ4n) is 2.13. The number of hydrogen-bond acceptors (Lipinski definition) is 2. The maximum Gasteiger partial charge on any atom is 0.188 e. The first kappa shape index (κ1) is 15.9. The summed E-state index contributed by atoms with van der Waals surface area (Å²) < 4.78 is 5.47. The zero-order valence-corrected chi connectivity index (χ0v) is 12.7. The lowest BCUT2D eigenvalue weighted by atomic mass is 9.98. The molecule has 0 saturated carbocycles. The third kappa shape index (κ3) is 5.15. The SMILES string of the molecule is CCCCCCOCC(=O)c1cc(C)c(C)cc1C. The van der Waals surface area contributed by atoms with Crippen LogP contribution in [-0.4, -0.2) is 19.0 Å². The number of ketones is 1. The van der Waals surface area contributed by atoms with E-state index in [-0.39, 0.29) is 12.4 Å². The highest BCUT2D eigenvalue weighted by atomic mass is 16.5. The molecule has 0 bridgehead atoms. The van der Waals surface area contributed by atoms with Crippen LogP contribution in [0.1, 0.15) is 59.7 Å². The Bertz CT molecular complexity index is 422. The molecule has 0 N–H and O–H groups in total. The summed E-state index contributed by atoms with van der Waals surface area (Å²) in [6.07, 6.45) is 4.70. The first-order valence-electron chi connectivity index (χ1n) is 7.25. The average molecular weight is 262 g/mol. The van der Waals surface area contributed by atoms with Crippen LogP contribution in [0, 0.1) is 20.8 Å². The number of rotatable bonds is 8. The highest BCUT2D eigenvalue weighted by Crippen LogP contribution is 2.16. The normalized spacial score (nSPS) is 10.7. The van der Waals surface area contributed by atoms with Crippen LogP contribution in [0.5, 0.6) is 0 Å². The van der Waals surface area contributed by atoms with Gasteiger partial charge in [0.2, 0.25) is 0 Å². The Morgan fingerprint density at radius 1 is 1.00 bits per heavy atom. The molecule has 0 radical (unpaired) electrons. The van der Waals surface area contributed by atoms with Gasteiger partial charge in [0.1, 0.15) is 6.61 Å². The number of aryl methyl sites for hydroxylation is 3. The molecule has 0 fully saturated rings. The zero-order chi connectivity index (χ0) is 14.3. The molecule has 1 aromatic rings. The Morgan fingerprint density at radius 2 is 1.68 bits per heavy atom. The summed E-state index contributed by atoms with van der Waals surface area (Å²) in [5.74, 6) is 0.0936. The summed E-state index contributed by atoms with van der Waals surface area (Å²) in [6.45, 7) is 9.18. The van der Waals surface area contributed by atoms with Gasteiger partial charge < -0.3 is 4.74 Å². The first-order chi connectivity index (χ1) is 9.06. The standard InChI is InChI=1S/C17H26O2/c1-5-6-7-8-9-19-12-17(18)16-11-14(3)13(2)10-15(16)4/h10-11H,5-9,12H2,1-4H3. The number of carbonyl (C=O) groups excluding carboxylic acids is 1. The Morgan fingerprint density at radius 3 is 2.37 bits per heavy atom. The quantitative estimate of drug-likeness (QED) is 0.513. The second-order valence-corrected chi connectivity index (χ2v) is 5.29. The fourth-order valence-corrected chi connectivity index (χ4v) is 2.13. The molecule has 0 heterocycles. The predicted molar refractivity (Wildman–Crippen MR) is 79.9 cm³/mol. The van der Waals surface area contributed by atoms with Gasteiger partial charge in [-0.3, -0.25) is 4.79 Å². The molecule has 0 spiro atoms. The van der Waals surface area contributed by atoms with Crippen molar-refractivity contribution in [1.29, 1.82) is 0 Å². The van der Waals surface area contributed by atoms with E-state index in [1.54, 1.807) is 0 Å². The fraction of sp³-hybridized carbons (Fsp3) is 0.588. The summed E-state index contributed by atoms with van der Waals surface area (Å²) in [6, 6.07) is 4.05. The van der Waals surface area contributed by atoms with Crippen molar-refractivity contribution in [2.24, 2.45) is 0 Å². The predicted octanol–water partition coefficient (Wildman–Crippen LogP) is 4.39. The summed E-state index contributed by atoms with van der Waals surface area (Å²) in [5.41, 5.74) is 4.24. The third-order valence-corrected chi connectivity index (χ3v) is 3.52. The molecule has 2 nitrogen and oxygen atoms in total. The van der Waals surface area contributed by atoms with Crippen LogP contribution in [0.15, 0.2) is 12.1 Å². The van der Waals surface area contributed by atoms with Crippen molar-refractivity contribution in [3.8, 4) is 0 Å². The van der Waals surface area contributed by atoms with Gasteiger partial charge in [0, 0.05) is 12.2 Å². The number of benzene rings is 1. The van der Waals surface area contributed by atoms with Crippen LogP contribution in [0.3, 0.4) is 0 Å². The van der Waals surface area contributed by atoms with Crippen LogP contribution in [0.25, 0.3) is 0 Å². The van der Waals surface area contributed by atoms with E-state index in [1.807, 2.05) is 19.9 Å². The van der Waals surface area contributed by atoms with Crippen molar-refractivity contribution in [1.82, 2.24) is 0 Å². The van der Waals surface area contributed by atoms with Crippen molar-refractivity contribution in [3.63, 3.8) is 0 Å². The first-order valence-corrected chi connectivity index (χ1v) is 7.25. The molecule has 2 heteroatoms. The second kappa shape index (κ2) is 8.11. The highest BCUT2D eigenvalue weighted by molar-refractivity contribution is 5.98. The number of carbonyl (C=O) groups is 1. The number of ether oxygens (including phenoxy) is 1. The van der Waals surface area contributed by atoms with Crippen molar-refractivity contribution < 1.29 is 9.53 Å². The molecule has 106 valence electrons. The van der Waals surface area contributed by atoms with Gasteiger partial charge in [0.15, 0.2) is 5.78 Å². The summed E-state index contributed by atoms with van der Waals surface area (Å²) >= 11 is 0. The van der Waals surface area contributed by atoms with Crippen LogP contribution < -0.4 is 0 Å². The van der Waals surface area contributed by atoms with Crippen LogP contribution in [0.2, 0.25) is 0 Å². The molecule has 0 aliphatic carbocycles. The minimum absolute atomic E-state index is 0.0936. The zero-order valence-electron chi connectivity index (χ0n) is 12.7. The van der Waals surface area contributed by atoms with Crippen molar-refractivity contribution >= 4 is 5.78 Å². The molecule has 0 saturated heterocycles. The Hall–Kier alpha value is -1.15. The maximum atomic E-state index is 12.1. The van der Waals surface area contributed by atoms with Crippen LogP contribution in [-0.2, 0) is 4.74 Å². The van der Waals surface area contributed by atoms with Gasteiger partial charge in [-0.2, -0.15) is 0 Å². The van der Waals surface area contributed by atoms with Gasteiger partial charge in [-0.1, -0.05) is 32.3 Å². The van der Waals surface area contributed by atoms with E-state index >= 15 is 0 Å². The largest absolute Gasteiger partial charge is 0.373 e. The van der Waals surface area contributed by atoms with Gasteiger partial charge in [0.05, 0.1) is 0 Å². The van der Waals surface area contributed by atoms with Gasteiger partial charge in [-0.15, -0.1) is 0 Å². The Balaban J connectivity index is 2.43. The maximum absolute atomic E-state index is 12.1. The van der Waals surface area contributed by atoms with E-state index in [0.29, 0.717) is 6.61 Å². The van der Waals surface area contributed by atoms with Gasteiger partial charge in [0.25, 0.3) is 0 Å². The highest BCUT2D eigenvalue weighted by Gasteiger charge is 2.10.